The molecule has 1 N–H and O–H groups in total. The van der Waals surface area contributed by atoms with E-state index in [0.717, 1.165) is 22.2 Å². The van der Waals surface area contributed by atoms with Gasteiger partial charge in [0.25, 0.3) is 0 Å². The van der Waals surface area contributed by atoms with Crippen LogP contribution in [0.5, 0.6) is 17.2 Å². The molecule has 2 aliphatic heterocycles. The Morgan fingerprint density at radius 1 is 0.944 bits per heavy atom. The van der Waals surface area contributed by atoms with Gasteiger partial charge in [-0.15, -0.1) is 0 Å². The Hall–Kier alpha value is -4.52. The molecule has 0 saturated heterocycles. The molecule has 2 atom stereocenters. The molecular formula is C29H24N2O5. The average Bonchev–Trinajstić information content (AvgIpc) is 3.37. The first-order valence-corrected chi connectivity index (χ1v) is 11.7. The Morgan fingerprint density at radius 3 is 2.50 bits per heavy atom. The number of nitrogens with zero attached hydrogens (tertiary/aromatic N) is 2. The second-order valence-electron chi connectivity index (χ2n) is 8.79. The lowest BCUT2D eigenvalue weighted by Crippen LogP contribution is -2.34. The first-order chi connectivity index (χ1) is 17.6. The summed E-state index contributed by atoms with van der Waals surface area (Å²) in [4.78, 5) is 12.4. The van der Waals surface area contributed by atoms with E-state index in [9.17, 15) is 9.90 Å². The summed E-state index contributed by atoms with van der Waals surface area (Å²) in [5, 5.41) is 19.3. The molecule has 36 heavy (non-hydrogen) atoms. The first-order valence-electron chi connectivity index (χ1n) is 11.7. The fourth-order valence-corrected chi connectivity index (χ4v) is 5.15. The first kappa shape index (κ1) is 22.0. The highest BCUT2D eigenvalue weighted by molar-refractivity contribution is 6.04. The number of carbonyl (C=O) groups is 1. The molecule has 0 saturated carbocycles. The smallest absolute Gasteiger partial charge is 0.340 e. The van der Waals surface area contributed by atoms with E-state index < -0.39 is 12.2 Å². The normalized spacial score (nSPS) is 18.2. The number of rotatable bonds is 5. The van der Waals surface area contributed by atoms with Gasteiger partial charge in [-0.05, 0) is 40.6 Å². The van der Waals surface area contributed by atoms with Crippen molar-refractivity contribution in [1.29, 1.82) is 0 Å². The topological polar surface area (TPSA) is 80.6 Å². The molecule has 4 aromatic rings. The quantitative estimate of drug-likeness (QED) is 0.389. The average molecular weight is 481 g/mol. The summed E-state index contributed by atoms with van der Waals surface area (Å²) in [5.74, 6) is 0.0788. The van der Waals surface area contributed by atoms with E-state index in [1.165, 1.54) is 19.6 Å². The zero-order valence-corrected chi connectivity index (χ0v) is 19.8. The minimum Gasteiger partial charge on any atom is -0.493 e. The predicted octanol–water partition coefficient (Wildman–Crippen LogP) is 5.80. The van der Waals surface area contributed by atoms with Gasteiger partial charge in [0, 0.05) is 17.5 Å². The van der Waals surface area contributed by atoms with Gasteiger partial charge >= 0.3 is 5.97 Å². The Labute approximate surface area is 208 Å². The van der Waals surface area contributed by atoms with Crippen LogP contribution in [0.2, 0.25) is 0 Å². The summed E-state index contributed by atoms with van der Waals surface area (Å²) in [6.07, 6.45) is -0.0842. The molecule has 7 nitrogen and oxygen atoms in total. The van der Waals surface area contributed by atoms with Gasteiger partial charge < -0.3 is 19.3 Å². The van der Waals surface area contributed by atoms with Gasteiger partial charge in [-0.3, -0.25) is 0 Å². The highest BCUT2D eigenvalue weighted by Crippen LogP contribution is 2.49. The van der Waals surface area contributed by atoms with Crippen LogP contribution in [0.1, 0.15) is 45.7 Å². The number of hydrogen-bond donors (Lipinski definition) is 1. The number of methoxy groups -OCH3 is 2. The van der Waals surface area contributed by atoms with Gasteiger partial charge in [-0.2, -0.15) is 5.10 Å². The van der Waals surface area contributed by atoms with Crippen LogP contribution in [0.15, 0.2) is 84.0 Å². The number of fused-ring (bicyclic) bond motifs is 4. The van der Waals surface area contributed by atoms with Crippen molar-refractivity contribution in [3.8, 4) is 17.2 Å². The van der Waals surface area contributed by atoms with E-state index in [2.05, 4.69) is 30.3 Å². The van der Waals surface area contributed by atoms with Crippen molar-refractivity contribution in [1.82, 2.24) is 5.01 Å². The largest absolute Gasteiger partial charge is 0.493 e. The monoisotopic (exact) mass is 480 g/mol. The van der Waals surface area contributed by atoms with Crippen molar-refractivity contribution < 1.29 is 24.1 Å². The van der Waals surface area contributed by atoms with Gasteiger partial charge in [0.05, 0.1) is 26.0 Å². The fourth-order valence-electron chi connectivity index (χ4n) is 5.15. The lowest BCUT2D eigenvalue weighted by Gasteiger charge is -2.38. The van der Waals surface area contributed by atoms with Crippen molar-refractivity contribution in [3.63, 3.8) is 0 Å². The molecule has 0 bridgehead atoms. The molecule has 6 rings (SSSR count). The van der Waals surface area contributed by atoms with Gasteiger partial charge in [-0.25, -0.2) is 9.80 Å². The van der Waals surface area contributed by atoms with Gasteiger partial charge in [0.15, 0.2) is 11.5 Å². The lowest BCUT2D eigenvalue weighted by atomic mass is 9.94. The Morgan fingerprint density at radius 2 is 1.72 bits per heavy atom. The fraction of sp³-hybridized carbons (Fsp3) is 0.172. The molecular weight excluding hydrogens is 456 g/mol. The highest BCUT2D eigenvalue weighted by Gasteiger charge is 2.43. The summed E-state index contributed by atoms with van der Waals surface area (Å²) >= 11 is 0. The second kappa shape index (κ2) is 8.61. The van der Waals surface area contributed by atoms with Crippen LogP contribution in [0.25, 0.3) is 10.8 Å². The standard InChI is InChI=1S/C29H24N2O5/c1-34-25-14-13-21(26(29(32)33)27(25)35-2)28-31-23(20-9-5-6-10-24(20)36-28)16-22(30-31)19-12-11-17-7-3-4-8-18(17)15-19/h3-15,23,28H,16H2,1-2H3,(H,32,33)/t23-,28+/m0/s1. The van der Waals surface area contributed by atoms with Crippen LogP contribution in [0.4, 0.5) is 0 Å². The van der Waals surface area contributed by atoms with Crippen molar-refractivity contribution in [2.45, 2.75) is 18.7 Å². The third-order valence-electron chi connectivity index (χ3n) is 6.84. The number of para-hydroxylation sites is 1. The zero-order chi connectivity index (χ0) is 24.8. The van der Waals surface area contributed by atoms with Gasteiger partial charge in [0.1, 0.15) is 11.3 Å². The number of carboxylic acids is 1. The third kappa shape index (κ3) is 3.43. The Balaban J connectivity index is 1.50. The number of hydrazone groups is 1. The van der Waals surface area contributed by atoms with Crippen LogP contribution in [0, 0.1) is 0 Å². The third-order valence-corrected chi connectivity index (χ3v) is 6.84. The van der Waals surface area contributed by atoms with E-state index in [-0.39, 0.29) is 17.4 Å². The summed E-state index contributed by atoms with van der Waals surface area (Å²) in [7, 11) is 2.91. The molecule has 0 amide bonds. The van der Waals surface area contributed by atoms with E-state index >= 15 is 0 Å². The van der Waals surface area contributed by atoms with E-state index in [1.807, 2.05) is 41.4 Å². The predicted molar refractivity (Wildman–Crippen MR) is 136 cm³/mol. The second-order valence-corrected chi connectivity index (χ2v) is 8.79. The maximum Gasteiger partial charge on any atom is 0.340 e. The number of ether oxygens (including phenoxy) is 3. The number of aromatic carboxylic acids is 1. The molecule has 0 radical (unpaired) electrons. The molecule has 7 heteroatoms. The molecule has 4 aromatic carbocycles. The summed E-state index contributed by atoms with van der Waals surface area (Å²) in [6, 6.07) is 25.7. The molecule has 2 heterocycles. The van der Waals surface area contributed by atoms with E-state index in [4.69, 9.17) is 19.3 Å². The maximum absolute atomic E-state index is 12.4. The van der Waals surface area contributed by atoms with Crippen LogP contribution < -0.4 is 14.2 Å². The lowest BCUT2D eigenvalue weighted by molar-refractivity contribution is -0.0199. The number of benzene rings is 4. The molecule has 2 aliphatic rings. The number of carboxylic acid groups (broad SMARTS) is 1. The van der Waals surface area contributed by atoms with Gasteiger partial charge in [-0.1, -0.05) is 54.6 Å². The minimum absolute atomic E-state index is 0.00524. The zero-order valence-electron chi connectivity index (χ0n) is 19.8. The molecule has 0 spiro atoms. The van der Waals surface area contributed by atoms with Crippen molar-refractivity contribution in [3.05, 3.63) is 101 Å². The summed E-state index contributed by atoms with van der Waals surface area (Å²) in [5.41, 5.74) is 3.42. The molecule has 0 aromatic heterocycles. The molecule has 0 unspecified atom stereocenters. The van der Waals surface area contributed by atoms with Crippen molar-refractivity contribution >= 4 is 22.5 Å². The van der Waals surface area contributed by atoms with Crippen LogP contribution in [-0.4, -0.2) is 36.0 Å². The summed E-state index contributed by atoms with van der Waals surface area (Å²) in [6.45, 7) is 0. The molecule has 0 fully saturated rings. The maximum atomic E-state index is 12.4. The van der Waals surface area contributed by atoms with Crippen molar-refractivity contribution in [2.75, 3.05) is 14.2 Å². The van der Waals surface area contributed by atoms with Crippen LogP contribution in [-0.2, 0) is 0 Å². The highest BCUT2D eigenvalue weighted by atomic mass is 16.5. The molecule has 180 valence electrons. The molecule has 0 aliphatic carbocycles. The van der Waals surface area contributed by atoms with E-state index in [0.29, 0.717) is 23.5 Å². The Kier molecular flexibility index (Phi) is 5.25. The van der Waals surface area contributed by atoms with Crippen LogP contribution >= 0.6 is 0 Å². The minimum atomic E-state index is -1.13. The number of hydrogen-bond acceptors (Lipinski definition) is 6. The van der Waals surface area contributed by atoms with Gasteiger partial charge in [0.2, 0.25) is 6.23 Å². The van der Waals surface area contributed by atoms with Crippen LogP contribution in [0.3, 0.4) is 0 Å². The van der Waals surface area contributed by atoms with E-state index in [1.54, 1.807) is 12.1 Å². The summed E-state index contributed by atoms with van der Waals surface area (Å²) < 4.78 is 17.2. The van der Waals surface area contributed by atoms with Crippen molar-refractivity contribution in [2.24, 2.45) is 5.10 Å². The Bertz CT molecular complexity index is 1530. The SMILES string of the molecule is COc1ccc([C@H]2Oc3ccccc3[C@@H]3CC(c4ccc5ccccc5c4)=NN23)c(C(=O)O)c1OC.